The van der Waals surface area contributed by atoms with Gasteiger partial charge in [0.25, 0.3) is 0 Å². The van der Waals surface area contributed by atoms with Crippen molar-refractivity contribution in [2.24, 2.45) is 0 Å². The summed E-state index contributed by atoms with van der Waals surface area (Å²) in [7, 11) is 1.78. The molecule has 0 saturated carbocycles. The molecule has 1 heterocycles. The first-order valence-corrected chi connectivity index (χ1v) is 7.00. The SMILES string of the molecule is COc1c(C(C)C)cc(Br)cc1C1CCNC1. The number of hydrogen-bond acceptors (Lipinski definition) is 2. The molecular formula is C14H20BrNO. The summed E-state index contributed by atoms with van der Waals surface area (Å²) in [5, 5.41) is 3.42. The zero-order chi connectivity index (χ0) is 12.4. The first-order valence-electron chi connectivity index (χ1n) is 6.21. The van der Waals surface area contributed by atoms with Crippen molar-refractivity contribution in [3.63, 3.8) is 0 Å². The lowest BCUT2D eigenvalue weighted by Gasteiger charge is -2.20. The number of hydrogen-bond donors (Lipinski definition) is 1. The van der Waals surface area contributed by atoms with Crippen molar-refractivity contribution in [2.45, 2.75) is 32.1 Å². The molecule has 0 spiro atoms. The highest BCUT2D eigenvalue weighted by molar-refractivity contribution is 9.10. The third-order valence-corrected chi connectivity index (χ3v) is 3.90. The van der Waals surface area contributed by atoms with E-state index in [1.54, 1.807) is 7.11 Å². The molecule has 3 heteroatoms. The smallest absolute Gasteiger partial charge is 0.125 e. The molecule has 1 atom stereocenters. The Morgan fingerprint density at radius 1 is 1.41 bits per heavy atom. The van der Waals surface area contributed by atoms with Gasteiger partial charge in [0, 0.05) is 16.9 Å². The van der Waals surface area contributed by atoms with Gasteiger partial charge in [-0.2, -0.15) is 0 Å². The second-order valence-electron chi connectivity index (χ2n) is 4.96. The summed E-state index contributed by atoms with van der Waals surface area (Å²) in [6.07, 6.45) is 1.20. The van der Waals surface area contributed by atoms with Crippen LogP contribution >= 0.6 is 15.9 Å². The third-order valence-electron chi connectivity index (χ3n) is 3.44. The molecule has 0 radical (unpaired) electrons. The van der Waals surface area contributed by atoms with E-state index >= 15 is 0 Å². The fourth-order valence-corrected chi connectivity index (χ4v) is 3.02. The van der Waals surface area contributed by atoms with Gasteiger partial charge in [-0.1, -0.05) is 29.8 Å². The largest absolute Gasteiger partial charge is 0.496 e. The molecule has 0 amide bonds. The summed E-state index contributed by atoms with van der Waals surface area (Å²) < 4.78 is 6.81. The van der Waals surface area contributed by atoms with Crippen LogP contribution in [0.2, 0.25) is 0 Å². The predicted octanol–water partition coefficient (Wildman–Crippen LogP) is 3.66. The van der Waals surface area contributed by atoms with Gasteiger partial charge in [-0.3, -0.25) is 0 Å². The number of methoxy groups -OCH3 is 1. The van der Waals surface area contributed by atoms with Gasteiger partial charge in [0.2, 0.25) is 0 Å². The summed E-state index contributed by atoms with van der Waals surface area (Å²) in [6.45, 7) is 6.59. The number of rotatable bonds is 3. The van der Waals surface area contributed by atoms with E-state index in [-0.39, 0.29) is 0 Å². The van der Waals surface area contributed by atoms with Crippen LogP contribution in [0.25, 0.3) is 0 Å². The minimum absolute atomic E-state index is 0.482. The topological polar surface area (TPSA) is 21.3 Å². The third kappa shape index (κ3) is 2.66. The van der Waals surface area contributed by atoms with Crippen LogP contribution in [0, 0.1) is 0 Å². The van der Waals surface area contributed by atoms with Crippen molar-refractivity contribution < 1.29 is 4.74 Å². The molecule has 1 saturated heterocycles. The van der Waals surface area contributed by atoms with Crippen LogP contribution in [-0.2, 0) is 0 Å². The van der Waals surface area contributed by atoms with Gasteiger partial charge in [0.1, 0.15) is 5.75 Å². The molecule has 1 fully saturated rings. The standard InChI is InChI=1S/C14H20BrNO/c1-9(2)12-6-11(15)7-13(14(12)17-3)10-4-5-16-8-10/h6-7,9-10,16H,4-5,8H2,1-3H3. The Morgan fingerprint density at radius 3 is 2.71 bits per heavy atom. The predicted molar refractivity (Wildman–Crippen MR) is 75.0 cm³/mol. The highest BCUT2D eigenvalue weighted by Crippen LogP contribution is 2.39. The van der Waals surface area contributed by atoms with Crippen molar-refractivity contribution in [3.8, 4) is 5.75 Å². The van der Waals surface area contributed by atoms with Gasteiger partial charge in [-0.15, -0.1) is 0 Å². The minimum Gasteiger partial charge on any atom is -0.496 e. The van der Waals surface area contributed by atoms with E-state index in [1.807, 2.05) is 0 Å². The first-order chi connectivity index (χ1) is 8.13. The lowest BCUT2D eigenvalue weighted by Crippen LogP contribution is -2.09. The molecular weight excluding hydrogens is 278 g/mol. The Labute approximate surface area is 112 Å². The van der Waals surface area contributed by atoms with Gasteiger partial charge in [0.05, 0.1) is 7.11 Å². The Morgan fingerprint density at radius 2 is 2.18 bits per heavy atom. The Hall–Kier alpha value is -0.540. The van der Waals surface area contributed by atoms with Gasteiger partial charge in [-0.25, -0.2) is 0 Å². The quantitative estimate of drug-likeness (QED) is 0.919. The van der Waals surface area contributed by atoms with E-state index in [2.05, 4.69) is 47.2 Å². The minimum atomic E-state index is 0.482. The second-order valence-corrected chi connectivity index (χ2v) is 5.88. The Balaban J connectivity index is 2.48. The molecule has 2 nitrogen and oxygen atoms in total. The van der Waals surface area contributed by atoms with Gasteiger partial charge in [-0.05, 0) is 42.1 Å². The van der Waals surface area contributed by atoms with E-state index in [0.29, 0.717) is 11.8 Å². The molecule has 0 aliphatic carbocycles. The fraction of sp³-hybridized carbons (Fsp3) is 0.571. The van der Waals surface area contributed by atoms with Crippen molar-refractivity contribution in [1.29, 1.82) is 0 Å². The summed E-state index contributed by atoms with van der Waals surface area (Å²) in [6, 6.07) is 4.39. The average molecular weight is 298 g/mol. The Kier molecular flexibility index (Phi) is 4.10. The normalized spacial score (nSPS) is 19.9. The van der Waals surface area contributed by atoms with Crippen LogP contribution in [0.15, 0.2) is 16.6 Å². The van der Waals surface area contributed by atoms with Crippen LogP contribution in [0.3, 0.4) is 0 Å². The molecule has 0 bridgehead atoms. The first kappa shape index (κ1) is 12.9. The van der Waals surface area contributed by atoms with Crippen LogP contribution in [0.5, 0.6) is 5.75 Å². The van der Waals surface area contributed by atoms with Gasteiger partial charge < -0.3 is 10.1 Å². The van der Waals surface area contributed by atoms with Crippen molar-refractivity contribution >= 4 is 15.9 Å². The highest BCUT2D eigenvalue weighted by atomic mass is 79.9. The Bertz CT molecular complexity index is 397. The van der Waals surface area contributed by atoms with Gasteiger partial charge in [0.15, 0.2) is 0 Å². The molecule has 1 aliphatic heterocycles. The highest BCUT2D eigenvalue weighted by Gasteiger charge is 2.23. The average Bonchev–Trinajstić information content (AvgIpc) is 2.81. The number of halogens is 1. The summed E-state index contributed by atoms with van der Waals surface area (Å²) in [5.74, 6) is 2.15. The summed E-state index contributed by atoms with van der Waals surface area (Å²) in [4.78, 5) is 0. The number of ether oxygens (including phenoxy) is 1. The molecule has 0 aromatic heterocycles. The maximum Gasteiger partial charge on any atom is 0.125 e. The molecule has 1 N–H and O–H groups in total. The monoisotopic (exact) mass is 297 g/mol. The maximum atomic E-state index is 5.66. The van der Waals surface area contributed by atoms with E-state index < -0.39 is 0 Å². The van der Waals surface area contributed by atoms with E-state index in [0.717, 1.165) is 23.3 Å². The van der Waals surface area contributed by atoms with E-state index in [1.165, 1.54) is 17.5 Å². The summed E-state index contributed by atoms with van der Waals surface area (Å²) in [5.41, 5.74) is 2.64. The lowest BCUT2D eigenvalue weighted by atomic mass is 9.91. The second kappa shape index (κ2) is 5.40. The number of nitrogens with one attached hydrogen (secondary N) is 1. The molecule has 1 aliphatic rings. The number of benzene rings is 1. The molecule has 1 unspecified atom stereocenters. The van der Waals surface area contributed by atoms with Crippen LogP contribution < -0.4 is 10.1 Å². The molecule has 94 valence electrons. The van der Waals surface area contributed by atoms with Crippen LogP contribution in [0.1, 0.15) is 43.2 Å². The lowest BCUT2D eigenvalue weighted by molar-refractivity contribution is 0.399. The fourth-order valence-electron chi connectivity index (χ4n) is 2.52. The van der Waals surface area contributed by atoms with Crippen LogP contribution in [0.4, 0.5) is 0 Å². The van der Waals surface area contributed by atoms with Crippen LogP contribution in [-0.4, -0.2) is 20.2 Å². The summed E-state index contributed by atoms with van der Waals surface area (Å²) >= 11 is 3.62. The van der Waals surface area contributed by atoms with Crippen molar-refractivity contribution in [3.05, 3.63) is 27.7 Å². The zero-order valence-corrected chi connectivity index (χ0v) is 12.3. The van der Waals surface area contributed by atoms with Gasteiger partial charge >= 0.3 is 0 Å². The molecule has 1 aromatic carbocycles. The molecule has 17 heavy (non-hydrogen) atoms. The molecule has 2 rings (SSSR count). The van der Waals surface area contributed by atoms with E-state index in [4.69, 9.17) is 4.74 Å². The zero-order valence-electron chi connectivity index (χ0n) is 10.7. The van der Waals surface area contributed by atoms with Crippen molar-refractivity contribution in [2.75, 3.05) is 20.2 Å². The maximum absolute atomic E-state index is 5.66. The molecule has 1 aromatic rings. The van der Waals surface area contributed by atoms with Crippen molar-refractivity contribution in [1.82, 2.24) is 5.32 Å². The van der Waals surface area contributed by atoms with E-state index in [9.17, 15) is 0 Å².